The maximum atomic E-state index is 13.2. The van der Waals surface area contributed by atoms with E-state index in [1.54, 1.807) is 0 Å². The van der Waals surface area contributed by atoms with Crippen molar-refractivity contribution in [1.29, 1.82) is 0 Å². The average Bonchev–Trinajstić information content (AvgIpc) is 3.29. The van der Waals surface area contributed by atoms with Gasteiger partial charge in [0.05, 0.1) is 0 Å². The number of nitrogens with one attached hydrogen (secondary N) is 2. The summed E-state index contributed by atoms with van der Waals surface area (Å²) >= 11 is 5.11. The molecule has 0 amide bonds. The topological polar surface area (TPSA) is 53.1 Å². The molecule has 1 saturated heterocycles. The van der Waals surface area contributed by atoms with Crippen LogP contribution in [0.4, 0.5) is 24.9 Å². The van der Waals surface area contributed by atoms with Crippen LogP contribution in [0, 0.1) is 5.92 Å². The smallest absolute Gasteiger partial charge is 0.360 e. The third-order valence-electron chi connectivity index (χ3n) is 4.12. The van der Waals surface area contributed by atoms with Gasteiger partial charge in [-0.1, -0.05) is 6.92 Å². The Morgan fingerprint density at radius 2 is 2.04 bits per heavy atom. The van der Waals surface area contributed by atoms with Crippen LogP contribution in [0.5, 0.6) is 0 Å². The first-order valence-corrected chi connectivity index (χ1v) is 8.51. The lowest BCUT2D eigenvalue weighted by molar-refractivity contribution is -0.141. The first-order chi connectivity index (χ1) is 11.3. The molecule has 0 radical (unpaired) electrons. The number of thiocarbonyl (C=S) groups is 1. The molecule has 5 nitrogen and oxygen atoms in total. The van der Waals surface area contributed by atoms with Crippen LogP contribution in [-0.2, 0) is 6.18 Å². The van der Waals surface area contributed by atoms with Crippen LogP contribution in [-0.4, -0.2) is 34.2 Å². The Kier molecular flexibility index (Phi) is 4.80. The number of alkyl halides is 3. The Balaban J connectivity index is 1.83. The largest absolute Gasteiger partial charge is 0.433 e. The van der Waals surface area contributed by atoms with E-state index in [1.807, 2.05) is 4.90 Å². The van der Waals surface area contributed by atoms with Crippen molar-refractivity contribution in [2.24, 2.45) is 5.92 Å². The van der Waals surface area contributed by atoms with Crippen molar-refractivity contribution in [3.05, 3.63) is 11.8 Å². The van der Waals surface area contributed by atoms with E-state index in [0.29, 0.717) is 30.9 Å². The molecule has 0 aromatic carbocycles. The third-order valence-corrected chi connectivity index (χ3v) is 4.34. The molecule has 1 aliphatic carbocycles. The van der Waals surface area contributed by atoms with Crippen molar-refractivity contribution in [2.45, 2.75) is 44.8 Å². The summed E-state index contributed by atoms with van der Waals surface area (Å²) in [6, 6.07) is 1.32. The molecule has 2 aliphatic rings. The van der Waals surface area contributed by atoms with Crippen LogP contribution in [0.2, 0.25) is 0 Å². The van der Waals surface area contributed by atoms with E-state index in [4.69, 9.17) is 12.2 Å². The maximum Gasteiger partial charge on any atom is 0.433 e. The van der Waals surface area contributed by atoms with Crippen molar-refractivity contribution < 1.29 is 13.2 Å². The maximum absolute atomic E-state index is 13.2. The SMILES string of the molecule is C[C@H]1CCCN(c2cc(C(F)(F)F)nc(NC(=S)NC3CC3)n2)C1. The molecular formula is C15H20F3N5S. The second-order valence-electron chi connectivity index (χ2n) is 6.50. The van der Waals surface area contributed by atoms with Crippen molar-refractivity contribution in [2.75, 3.05) is 23.3 Å². The molecule has 1 aromatic heterocycles. The van der Waals surface area contributed by atoms with Gasteiger partial charge in [-0.2, -0.15) is 18.2 Å². The Labute approximate surface area is 144 Å². The second-order valence-corrected chi connectivity index (χ2v) is 6.91. The molecule has 132 valence electrons. The number of halogens is 3. The average molecular weight is 359 g/mol. The number of nitrogens with zero attached hydrogens (tertiary/aromatic N) is 3. The van der Waals surface area contributed by atoms with E-state index in [9.17, 15) is 13.2 Å². The summed E-state index contributed by atoms with van der Waals surface area (Å²) in [4.78, 5) is 9.72. The van der Waals surface area contributed by atoms with Gasteiger partial charge in [0.2, 0.25) is 5.95 Å². The molecule has 2 fully saturated rings. The molecule has 9 heteroatoms. The summed E-state index contributed by atoms with van der Waals surface area (Å²) in [6.45, 7) is 3.48. The third kappa shape index (κ3) is 4.46. The lowest BCUT2D eigenvalue weighted by atomic mass is 10.0. The minimum absolute atomic E-state index is 0.115. The fourth-order valence-electron chi connectivity index (χ4n) is 2.75. The number of hydrogen-bond acceptors (Lipinski definition) is 4. The van der Waals surface area contributed by atoms with E-state index in [0.717, 1.165) is 31.7 Å². The molecule has 0 bridgehead atoms. The molecule has 2 N–H and O–H groups in total. The molecule has 1 atom stereocenters. The van der Waals surface area contributed by atoms with Crippen LogP contribution in [0.3, 0.4) is 0 Å². The van der Waals surface area contributed by atoms with E-state index in [-0.39, 0.29) is 11.1 Å². The quantitative estimate of drug-likeness (QED) is 0.809. The Morgan fingerprint density at radius 1 is 1.29 bits per heavy atom. The number of piperidine rings is 1. The second kappa shape index (κ2) is 6.70. The van der Waals surface area contributed by atoms with Gasteiger partial charge in [-0.15, -0.1) is 0 Å². The van der Waals surface area contributed by atoms with Gasteiger partial charge >= 0.3 is 6.18 Å². The van der Waals surface area contributed by atoms with E-state index < -0.39 is 11.9 Å². The zero-order valence-electron chi connectivity index (χ0n) is 13.4. The van der Waals surface area contributed by atoms with Gasteiger partial charge in [-0.05, 0) is 43.8 Å². The summed E-state index contributed by atoms with van der Waals surface area (Å²) in [7, 11) is 0. The molecule has 1 saturated carbocycles. The van der Waals surface area contributed by atoms with Crippen LogP contribution >= 0.6 is 12.2 Å². The zero-order chi connectivity index (χ0) is 17.3. The van der Waals surface area contributed by atoms with Gasteiger partial charge in [0, 0.05) is 25.2 Å². The highest BCUT2D eigenvalue weighted by Gasteiger charge is 2.35. The lowest BCUT2D eigenvalue weighted by Gasteiger charge is -2.32. The zero-order valence-corrected chi connectivity index (χ0v) is 14.2. The standard InChI is InChI=1S/C15H20F3N5S/c1-9-3-2-6-23(8-9)12-7-11(15(16,17)18)20-13(21-12)22-14(24)19-10-4-5-10/h7,9-10H,2-6,8H2,1H3,(H2,19,20,21,22,24)/t9-/m0/s1. The molecule has 1 aromatic rings. The normalized spacial score (nSPS) is 21.5. The van der Waals surface area contributed by atoms with Gasteiger partial charge < -0.3 is 15.5 Å². The van der Waals surface area contributed by atoms with Gasteiger partial charge in [0.1, 0.15) is 5.82 Å². The summed E-state index contributed by atoms with van der Waals surface area (Å²) < 4.78 is 39.5. The first kappa shape index (κ1) is 17.2. The van der Waals surface area contributed by atoms with Gasteiger partial charge in [0.15, 0.2) is 10.8 Å². The molecule has 2 heterocycles. The molecule has 24 heavy (non-hydrogen) atoms. The van der Waals surface area contributed by atoms with Crippen molar-refractivity contribution >= 4 is 29.1 Å². The first-order valence-electron chi connectivity index (χ1n) is 8.10. The summed E-state index contributed by atoms with van der Waals surface area (Å²) in [6.07, 6.45) is -0.476. The molecule has 1 aliphatic heterocycles. The Morgan fingerprint density at radius 3 is 2.67 bits per heavy atom. The van der Waals surface area contributed by atoms with Crippen molar-refractivity contribution in [3.8, 4) is 0 Å². The van der Waals surface area contributed by atoms with E-state index >= 15 is 0 Å². The number of anilines is 2. The summed E-state index contributed by atoms with van der Waals surface area (Å²) in [5.74, 6) is 0.605. The molecule has 0 unspecified atom stereocenters. The molecule has 3 rings (SSSR count). The highest BCUT2D eigenvalue weighted by Crippen LogP contribution is 2.31. The minimum atomic E-state index is -4.53. The van der Waals surface area contributed by atoms with Crippen LogP contribution in [0.15, 0.2) is 6.07 Å². The van der Waals surface area contributed by atoms with Crippen molar-refractivity contribution in [3.63, 3.8) is 0 Å². The summed E-state index contributed by atoms with van der Waals surface area (Å²) in [5.41, 5.74) is -0.956. The van der Waals surface area contributed by atoms with E-state index in [1.165, 1.54) is 0 Å². The van der Waals surface area contributed by atoms with Gasteiger partial charge in [-0.25, -0.2) is 4.98 Å². The van der Waals surface area contributed by atoms with Gasteiger partial charge in [-0.3, -0.25) is 0 Å². The van der Waals surface area contributed by atoms with Crippen LogP contribution < -0.4 is 15.5 Å². The molecule has 0 spiro atoms. The predicted molar refractivity (Wildman–Crippen MR) is 90.0 cm³/mol. The monoisotopic (exact) mass is 359 g/mol. The fourth-order valence-corrected chi connectivity index (χ4v) is 3.00. The fraction of sp³-hybridized carbons (Fsp3) is 0.667. The lowest BCUT2D eigenvalue weighted by Crippen LogP contribution is -2.36. The number of aromatic nitrogens is 2. The Bertz CT molecular complexity index is 618. The highest BCUT2D eigenvalue weighted by atomic mass is 32.1. The van der Waals surface area contributed by atoms with Crippen molar-refractivity contribution in [1.82, 2.24) is 15.3 Å². The molecular weight excluding hydrogens is 339 g/mol. The van der Waals surface area contributed by atoms with Crippen LogP contribution in [0.1, 0.15) is 38.3 Å². The predicted octanol–water partition coefficient (Wildman–Crippen LogP) is 3.18. The Hall–Kier alpha value is -1.64. The number of rotatable bonds is 3. The van der Waals surface area contributed by atoms with Gasteiger partial charge in [0.25, 0.3) is 0 Å². The number of hydrogen-bond donors (Lipinski definition) is 2. The van der Waals surface area contributed by atoms with E-state index in [2.05, 4.69) is 27.5 Å². The highest BCUT2D eigenvalue weighted by molar-refractivity contribution is 7.80. The summed E-state index contributed by atoms with van der Waals surface area (Å²) in [5, 5.41) is 5.96. The minimum Gasteiger partial charge on any atom is -0.360 e. The van der Waals surface area contributed by atoms with Crippen LogP contribution in [0.25, 0.3) is 0 Å².